The van der Waals surface area contributed by atoms with Crippen LogP contribution in [0, 0.1) is 0 Å². The van der Waals surface area contributed by atoms with Gasteiger partial charge < -0.3 is 33.1 Å². The van der Waals surface area contributed by atoms with Gasteiger partial charge >= 0.3 is 7.54 Å². The Morgan fingerprint density at radius 2 is 0.786 bits per heavy atom. The van der Waals surface area contributed by atoms with Crippen LogP contribution in [0.25, 0.3) is 0 Å². The molecule has 0 amide bonds. The van der Waals surface area contributed by atoms with E-state index >= 15 is 0 Å². The summed E-state index contributed by atoms with van der Waals surface area (Å²) in [6.45, 7) is 4.77. The number of benzene rings is 8. The average Bonchev–Trinajstić information content (AvgIpc) is 1.89. The van der Waals surface area contributed by atoms with Crippen molar-refractivity contribution in [2.75, 3.05) is 13.2 Å². The Balaban J connectivity index is 0.000000187. The second-order valence-electron chi connectivity index (χ2n) is 17.6. The van der Waals surface area contributed by atoms with Crippen molar-refractivity contribution in [3.05, 3.63) is 249 Å². The number of para-hydroxylation sites is 1. The second-order valence-corrected chi connectivity index (χ2v) is 23.1. The van der Waals surface area contributed by atoms with Crippen LogP contribution >= 0.6 is 23.5 Å². The lowest BCUT2D eigenvalue weighted by atomic mass is 10.3. The fourth-order valence-corrected chi connectivity index (χ4v) is 14.3. The molecule has 428 valence electrons. The van der Waals surface area contributed by atoms with E-state index < -0.39 is 18.3 Å². The molecular weight excluding hydrogens is 1190 g/mol. The van der Waals surface area contributed by atoms with Gasteiger partial charge in [-0.25, -0.2) is 14.2 Å². The Kier molecular flexibility index (Phi) is 25.5. The molecule has 20 heteroatoms. The van der Waals surface area contributed by atoms with E-state index in [0.29, 0.717) is 25.0 Å². The first-order chi connectivity index (χ1) is 40.6. The molecule has 2 aromatic heterocycles. The molecule has 2 aliphatic rings. The van der Waals surface area contributed by atoms with E-state index in [2.05, 4.69) is 105 Å². The van der Waals surface area contributed by atoms with Crippen molar-refractivity contribution in [2.45, 2.75) is 70.1 Å². The first-order valence-corrected chi connectivity index (χ1v) is 31.0. The van der Waals surface area contributed by atoms with Crippen molar-refractivity contribution in [2.24, 2.45) is 0 Å². The summed E-state index contributed by atoms with van der Waals surface area (Å²) in [4.78, 5) is 19.1. The molecule has 0 saturated heterocycles. The fourth-order valence-electron chi connectivity index (χ4n) is 7.86. The summed E-state index contributed by atoms with van der Waals surface area (Å²) >= 11 is 10.9. The Morgan fingerprint density at radius 3 is 1.20 bits per heavy atom. The van der Waals surface area contributed by atoms with E-state index in [1.54, 1.807) is 24.2 Å². The number of nitrogens with zero attached hydrogens (tertiary/aromatic N) is 2. The minimum Gasteiger partial charge on any atom is -1.00 e. The Bertz CT molecular complexity index is 3500. The minimum absolute atomic E-state index is 0. The van der Waals surface area contributed by atoms with Crippen LogP contribution in [-0.2, 0) is 44.1 Å². The van der Waals surface area contributed by atoms with Gasteiger partial charge in [0.1, 0.15) is 70.8 Å². The summed E-state index contributed by atoms with van der Waals surface area (Å²) in [6, 6.07) is 77.7. The Morgan fingerprint density at radius 1 is 0.452 bits per heavy atom. The SMILES string of the molecule is CC(COc1ccc(Oc2ccc([S+]3c4ccccc4Sc4ccccc43)cc2)cc1)Oc1ccccn1.CC(COc1ccc(Oc2ccccc2)cc1)Oc1ccccn1.FB(F)F.O=S1c2ccccc2Sc2ccccc21.S=S.[F-]. The summed E-state index contributed by atoms with van der Waals surface area (Å²) in [5.41, 5.74) is 0. The van der Waals surface area contributed by atoms with Gasteiger partial charge in [0.25, 0.3) is 0 Å². The second kappa shape index (κ2) is 33.5. The first kappa shape index (κ1) is 63.9. The normalized spacial score (nSPS) is 12.2. The third-order valence-corrected chi connectivity index (χ3v) is 18.2. The molecule has 2 unspecified atom stereocenters. The van der Waals surface area contributed by atoms with E-state index in [-0.39, 0.29) is 27.8 Å². The van der Waals surface area contributed by atoms with Gasteiger partial charge in [-0.2, -0.15) is 0 Å². The monoisotopic (exact) mass is 1240 g/mol. The van der Waals surface area contributed by atoms with Crippen molar-refractivity contribution >= 4 is 75.1 Å². The van der Waals surface area contributed by atoms with Gasteiger partial charge in [-0.05, 0) is 159 Å². The zero-order valence-electron chi connectivity index (χ0n) is 45.0. The van der Waals surface area contributed by atoms with Crippen molar-refractivity contribution in [3.63, 3.8) is 0 Å². The molecule has 0 radical (unpaired) electrons. The topological polar surface area (TPSA) is 98.2 Å². The van der Waals surface area contributed by atoms with E-state index in [1.165, 1.54) is 24.5 Å². The maximum Gasteiger partial charge on any atom is 0.762 e. The van der Waals surface area contributed by atoms with Gasteiger partial charge in [0.05, 0.1) is 30.4 Å². The third kappa shape index (κ3) is 19.2. The quantitative estimate of drug-likeness (QED) is 0.0554. The summed E-state index contributed by atoms with van der Waals surface area (Å²) in [5.74, 6) is 5.86. The summed E-state index contributed by atoms with van der Waals surface area (Å²) < 4.78 is 76.1. The summed E-state index contributed by atoms with van der Waals surface area (Å²) in [6.07, 6.45) is 3.19. The molecule has 4 heterocycles. The van der Waals surface area contributed by atoms with E-state index in [4.69, 9.17) is 28.4 Å². The van der Waals surface area contributed by atoms with E-state index in [0.717, 1.165) is 54.1 Å². The maximum atomic E-state index is 12.2. The number of fused-ring (bicyclic) bond motifs is 4. The number of pyridine rings is 2. The molecule has 2 atom stereocenters. The number of hydrogen-bond donors (Lipinski definition) is 0. The minimum atomic E-state index is -3.67. The Labute approximate surface area is 510 Å². The third-order valence-electron chi connectivity index (χ3n) is 11.5. The van der Waals surface area contributed by atoms with Gasteiger partial charge in [0.2, 0.25) is 11.8 Å². The molecular formula is C64H53BF4N2O7S6. The van der Waals surface area contributed by atoms with Crippen LogP contribution in [0.4, 0.5) is 12.9 Å². The average molecular weight is 1240 g/mol. The summed E-state index contributed by atoms with van der Waals surface area (Å²) in [5, 5.41) is 0. The lowest BCUT2D eigenvalue weighted by Gasteiger charge is -2.18. The van der Waals surface area contributed by atoms with Gasteiger partial charge in [0, 0.05) is 56.7 Å². The smallest absolute Gasteiger partial charge is 0.762 e. The van der Waals surface area contributed by atoms with Crippen LogP contribution in [0.15, 0.2) is 293 Å². The van der Waals surface area contributed by atoms with E-state index in [1.807, 2.05) is 189 Å². The zero-order chi connectivity index (χ0) is 58.2. The molecule has 84 heavy (non-hydrogen) atoms. The standard InChI is InChI=1S/C32H26NO3S2.C20H19NO3.C12H8OS2.BF3.FH.S2/c1-23(35-32-12-6-7-21-33-32)22-34-24-13-15-25(16-14-24)36-26-17-19-27(20-18-26)38-30-10-4-2-8-28(30)37-29-9-3-5-11-31(29)38;1-16(23-20-9-5-6-14-21-20)15-22-17-10-12-19(13-11-17)24-18-7-3-2-4-8-18;13-15-11-7-3-1-5-9(11)14-10-6-2-4-8-12(10)15;2-1(3)4;;1-2/h2-21,23H,22H2,1H3;2-14,16H,15H2,1H3;1-8H;;1H;/q+1;;;;;/p-1. The van der Waals surface area contributed by atoms with Gasteiger partial charge in [-0.3, -0.25) is 12.9 Å². The highest BCUT2D eigenvalue weighted by atomic mass is 32.8. The van der Waals surface area contributed by atoms with Crippen LogP contribution in [-0.4, -0.2) is 47.1 Å². The van der Waals surface area contributed by atoms with Crippen molar-refractivity contribution in [1.29, 1.82) is 0 Å². The molecule has 10 aromatic rings. The number of halogens is 4. The predicted octanol–water partition coefficient (Wildman–Crippen LogP) is 14.2. The molecule has 12 rings (SSSR count). The van der Waals surface area contributed by atoms with Crippen LogP contribution < -0.4 is 33.1 Å². The van der Waals surface area contributed by atoms with Crippen molar-refractivity contribution in [3.8, 4) is 46.3 Å². The predicted molar refractivity (Wildman–Crippen MR) is 330 cm³/mol. The van der Waals surface area contributed by atoms with E-state index in [9.17, 15) is 17.2 Å². The van der Waals surface area contributed by atoms with Gasteiger partial charge in [-0.15, -0.1) is 0 Å². The number of rotatable bonds is 15. The highest BCUT2D eigenvalue weighted by molar-refractivity contribution is 8.07. The molecule has 0 spiro atoms. The highest BCUT2D eigenvalue weighted by Crippen LogP contribution is 2.48. The molecule has 8 aromatic carbocycles. The molecule has 0 fully saturated rings. The fraction of sp³-hybridized carbons (Fsp3) is 0.0938. The number of hydrogen-bond acceptors (Lipinski definition) is 13. The Hall–Kier alpha value is -7.72. The first-order valence-electron chi connectivity index (χ1n) is 25.7. The molecule has 0 N–H and O–H groups in total. The molecule has 0 aliphatic carbocycles. The van der Waals surface area contributed by atoms with Gasteiger partial charge in [-0.1, -0.05) is 102 Å². The number of ether oxygens (including phenoxy) is 6. The molecule has 0 saturated carbocycles. The van der Waals surface area contributed by atoms with Crippen LogP contribution in [0.5, 0.6) is 46.3 Å². The molecule has 0 bridgehead atoms. The lowest BCUT2D eigenvalue weighted by molar-refractivity contribution is -0.0000232. The molecule has 2 aliphatic heterocycles. The maximum absolute atomic E-state index is 12.2. The zero-order valence-corrected chi connectivity index (χ0v) is 49.9. The summed E-state index contributed by atoms with van der Waals surface area (Å²) in [7, 11) is -4.82. The van der Waals surface area contributed by atoms with Crippen LogP contribution in [0.1, 0.15) is 13.8 Å². The van der Waals surface area contributed by atoms with Crippen LogP contribution in [0.2, 0.25) is 0 Å². The number of aromatic nitrogens is 2. The molecule has 9 nitrogen and oxygen atoms in total. The van der Waals surface area contributed by atoms with Crippen LogP contribution in [0.3, 0.4) is 0 Å². The van der Waals surface area contributed by atoms with Gasteiger partial charge in [0.15, 0.2) is 14.7 Å². The highest BCUT2D eigenvalue weighted by Gasteiger charge is 2.37. The lowest BCUT2D eigenvalue weighted by Crippen LogP contribution is -3.00. The van der Waals surface area contributed by atoms with Crippen molar-refractivity contribution < 1.29 is 50.3 Å². The largest absolute Gasteiger partial charge is 1.00 e. The van der Waals surface area contributed by atoms with Crippen molar-refractivity contribution in [1.82, 2.24) is 9.97 Å².